The van der Waals surface area contributed by atoms with Gasteiger partial charge in [0.25, 0.3) is 5.91 Å². The first kappa shape index (κ1) is 16.8. The lowest BCUT2D eigenvalue weighted by Crippen LogP contribution is -2.36. The Hall–Kier alpha value is -2.68. The minimum atomic E-state index is -0.0698. The monoisotopic (exact) mass is 358 g/mol. The molecular weight excluding hydrogens is 336 g/mol. The van der Waals surface area contributed by atoms with Crippen molar-refractivity contribution in [3.05, 3.63) is 30.4 Å². The lowest BCUT2D eigenvalue weighted by Gasteiger charge is -2.27. The molecule has 2 aromatic rings. The summed E-state index contributed by atoms with van der Waals surface area (Å²) in [6.07, 6.45) is 3.86. The predicted molar refractivity (Wildman–Crippen MR) is 93.2 cm³/mol. The van der Waals surface area contributed by atoms with Crippen LogP contribution in [0.2, 0.25) is 0 Å². The molecule has 9 heteroatoms. The summed E-state index contributed by atoms with van der Waals surface area (Å²) >= 11 is 0. The fourth-order valence-corrected chi connectivity index (χ4v) is 3.29. The molecule has 2 saturated heterocycles. The van der Waals surface area contributed by atoms with E-state index < -0.39 is 0 Å². The van der Waals surface area contributed by atoms with Crippen molar-refractivity contribution in [1.29, 1.82) is 0 Å². The van der Waals surface area contributed by atoms with Gasteiger partial charge in [-0.25, -0.2) is 9.97 Å². The van der Waals surface area contributed by atoms with Gasteiger partial charge >= 0.3 is 0 Å². The van der Waals surface area contributed by atoms with Crippen molar-refractivity contribution in [3.63, 3.8) is 0 Å². The van der Waals surface area contributed by atoms with Gasteiger partial charge < -0.3 is 19.3 Å². The minimum Gasteiger partial charge on any atom is -0.472 e. The van der Waals surface area contributed by atoms with E-state index in [1.807, 2.05) is 6.07 Å². The third-order valence-corrected chi connectivity index (χ3v) is 4.72. The van der Waals surface area contributed by atoms with Gasteiger partial charge in [-0.2, -0.15) is 5.10 Å². The highest BCUT2D eigenvalue weighted by atomic mass is 16.5. The highest BCUT2D eigenvalue weighted by Crippen LogP contribution is 2.21. The van der Waals surface area contributed by atoms with Gasteiger partial charge in [0, 0.05) is 45.4 Å². The maximum Gasteiger partial charge on any atom is 0.272 e. The zero-order chi connectivity index (χ0) is 17.9. The molecule has 26 heavy (non-hydrogen) atoms. The number of carbonyl (C=O) groups excluding carboxylic acids is 1. The van der Waals surface area contributed by atoms with Gasteiger partial charge in [-0.15, -0.1) is 0 Å². The number of amides is 1. The van der Waals surface area contributed by atoms with E-state index in [-0.39, 0.29) is 12.0 Å². The quantitative estimate of drug-likeness (QED) is 0.779. The van der Waals surface area contributed by atoms with Crippen LogP contribution in [0.3, 0.4) is 0 Å². The van der Waals surface area contributed by atoms with Gasteiger partial charge in [0.2, 0.25) is 5.88 Å². The molecule has 2 fully saturated rings. The van der Waals surface area contributed by atoms with Gasteiger partial charge in [0.15, 0.2) is 0 Å². The van der Waals surface area contributed by atoms with Gasteiger partial charge in [-0.05, 0) is 6.07 Å². The molecule has 138 valence electrons. The normalized spacial score (nSPS) is 20.4. The molecular formula is C17H22N6O3. The molecule has 0 radical (unpaired) electrons. The third kappa shape index (κ3) is 3.48. The number of hydrogen-bond donors (Lipinski definition) is 0. The van der Waals surface area contributed by atoms with E-state index in [1.54, 1.807) is 28.9 Å². The number of nitrogens with zero attached hydrogens (tertiary/aromatic N) is 6. The lowest BCUT2D eigenvalue weighted by molar-refractivity contribution is 0.0760. The van der Waals surface area contributed by atoms with E-state index in [1.165, 1.54) is 6.33 Å². The summed E-state index contributed by atoms with van der Waals surface area (Å²) in [6, 6.07) is 3.59. The number of ether oxygens (including phenoxy) is 2. The highest BCUT2D eigenvalue weighted by molar-refractivity contribution is 5.92. The number of aryl methyl sites for hydroxylation is 1. The van der Waals surface area contributed by atoms with Crippen molar-refractivity contribution in [2.45, 2.75) is 12.5 Å². The van der Waals surface area contributed by atoms with E-state index in [9.17, 15) is 4.79 Å². The van der Waals surface area contributed by atoms with Crippen molar-refractivity contribution in [2.24, 2.45) is 7.05 Å². The molecule has 0 bridgehead atoms. The van der Waals surface area contributed by atoms with Crippen LogP contribution in [0.1, 0.15) is 16.9 Å². The molecule has 1 atom stereocenters. The Balaban J connectivity index is 1.38. The number of anilines is 1. The molecule has 0 spiro atoms. The lowest BCUT2D eigenvalue weighted by atomic mass is 10.3. The summed E-state index contributed by atoms with van der Waals surface area (Å²) in [5, 5.41) is 4.06. The molecule has 4 rings (SSSR count). The smallest absolute Gasteiger partial charge is 0.272 e. The predicted octanol–water partition coefficient (Wildman–Crippen LogP) is 0.340. The van der Waals surface area contributed by atoms with Crippen LogP contribution in [-0.2, 0) is 11.8 Å². The average molecular weight is 358 g/mol. The molecule has 4 heterocycles. The van der Waals surface area contributed by atoms with Gasteiger partial charge in [0.05, 0.1) is 19.8 Å². The molecule has 0 aromatic carbocycles. The van der Waals surface area contributed by atoms with E-state index in [2.05, 4.69) is 20.0 Å². The summed E-state index contributed by atoms with van der Waals surface area (Å²) in [5.41, 5.74) is 0.585. The van der Waals surface area contributed by atoms with Crippen LogP contribution < -0.4 is 9.64 Å². The Morgan fingerprint density at radius 2 is 2.12 bits per heavy atom. The summed E-state index contributed by atoms with van der Waals surface area (Å²) in [4.78, 5) is 25.1. The minimum absolute atomic E-state index is 0.0206. The number of rotatable bonds is 4. The van der Waals surface area contributed by atoms with Crippen LogP contribution in [-0.4, -0.2) is 76.1 Å². The Morgan fingerprint density at radius 3 is 2.88 bits per heavy atom. The first-order chi connectivity index (χ1) is 12.7. The first-order valence-corrected chi connectivity index (χ1v) is 8.79. The van der Waals surface area contributed by atoms with Crippen molar-refractivity contribution >= 4 is 11.7 Å². The summed E-state index contributed by atoms with van der Waals surface area (Å²) in [5.74, 6) is 1.37. The topological polar surface area (TPSA) is 85.6 Å². The second-order valence-corrected chi connectivity index (χ2v) is 6.43. The van der Waals surface area contributed by atoms with Crippen LogP contribution in [0.15, 0.2) is 24.7 Å². The molecule has 0 N–H and O–H groups in total. The largest absolute Gasteiger partial charge is 0.472 e. The second-order valence-electron chi connectivity index (χ2n) is 6.43. The molecule has 9 nitrogen and oxygen atoms in total. The first-order valence-electron chi connectivity index (χ1n) is 8.79. The van der Waals surface area contributed by atoms with E-state index >= 15 is 0 Å². The summed E-state index contributed by atoms with van der Waals surface area (Å²) in [7, 11) is 1.77. The number of morpholine rings is 1. The van der Waals surface area contributed by atoms with Gasteiger partial charge in [-0.1, -0.05) is 0 Å². The van der Waals surface area contributed by atoms with Crippen LogP contribution in [0, 0.1) is 0 Å². The van der Waals surface area contributed by atoms with Gasteiger partial charge in [-0.3, -0.25) is 9.48 Å². The number of carbonyl (C=O) groups is 1. The van der Waals surface area contributed by atoms with E-state index in [0.717, 1.165) is 25.3 Å². The average Bonchev–Trinajstić information content (AvgIpc) is 3.31. The molecule has 1 unspecified atom stereocenters. The fraction of sp³-hybridized carbons (Fsp3) is 0.529. The fourth-order valence-electron chi connectivity index (χ4n) is 3.29. The van der Waals surface area contributed by atoms with Crippen LogP contribution in [0.25, 0.3) is 0 Å². The van der Waals surface area contributed by atoms with E-state index in [4.69, 9.17) is 9.47 Å². The van der Waals surface area contributed by atoms with Crippen molar-refractivity contribution in [3.8, 4) is 5.88 Å². The van der Waals surface area contributed by atoms with Crippen molar-refractivity contribution in [1.82, 2.24) is 24.6 Å². The van der Waals surface area contributed by atoms with Gasteiger partial charge in [0.1, 0.15) is 23.9 Å². The number of aromatic nitrogens is 4. The molecule has 0 aliphatic carbocycles. The molecule has 2 aliphatic heterocycles. The van der Waals surface area contributed by atoms with Crippen LogP contribution in [0.5, 0.6) is 5.88 Å². The SMILES string of the molecule is Cn1nccc1C(=O)N1CCC(Oc2cc(N3CCOCC3)ncn2)C1. The Bertz CT molecular complexity index is 773. The zero-order valence-electron chi connectivity index (χ0n) is 14.7. The van der Waals surface area contributed by atoms with Crippen LogP contribution >= 0.6 is 0 Å². The Labute approximate surface area is 151 Å². The summed E-state index contributed by atoms with van der Waals surface area (Å²) < 4.78 is 13.0. The molecule has 2 aliphatic rings. The number of hydrogen-bond acceptors (Lipinski definition) is 7. The van der Waals surface area contributed by atoms with E-state index in [0.29, 0.717) is 37.9 Å². The highest BCUT2D eigenvalue weighted by Gasteiger charge is 2.30. The Kier molecular flexibility index (Phi) is 4.70. The Morgan fingerprint density at radius 1 is 1.27 bits per heavy atom. The molecule has 1 amide bonds. The zero-order valence-corrected chi connectivity index (χ0v) is 14.7. The second kappa shape index (κ2) is 7.28. The molecule has 0 saturated carbocycles. The van der Waals surface area contributed by atoms with Crippen molar-refractivity contribution < 1.29 is 14.3 Å². The molecule has 2 aromatic heterocycles. The summed E-state index contributed by atoms with van der Waals surface area (Å²) in [6.45, 7) is 4.23. The standard InChI is InChI=1S/C17H22N6O3/c1-21-14(2-4-20-21)17(24)23-5-3-13(11-23)26-16-10-15(18-12-19-16)22-6-8-25-9-7-22/h2,4,10,12-13H,3,5-9,11H2,1H3. The number of likely N-dealkylation sites (tertiary alicyclic amines) is 1. The van der Waals surface area contributed by atoms with Crippen LogP contribution in [0.4, 0.5) is 5.82 Å². The maximum atomic E-state index is 12.6. The van der Waals surface area contributed by atoms with Crippen molar-refractivity contribution in [2.75, 3.05) is 44.3 Å². The third-order valence-electron chi connectivity index (χ3n) is 4.72. The maximum absolute atomic E-state index is 12.6.